The van der Waals surface area contributed by atoms with Crippen LogP contribution < -0.4 is 0 Å². The third kappa shape index (κ3) is 2.19. The van der Waals surface area contributed by atoms with Gasteiger partial charge in [-0.2, -0.15) is 0 Å². The molecule has 0 saturated carbocycles. The fourth-order valence-corrected chi connectivity index (χ4v) is 1.71. The minimum Gasteiger partial charge on any atom is -0.293 e. The highest BCUT2D eigenvalue weighted by molar-refractivity contribution is 5.64. The summed E-state index contributed by atoms with van der Waals surface area (Å²) in [5.41, 5.74) is 3.67. The SMILES string of the molecule is C=NC(C)c1cccc(-c2ccccc2)c1. The van der Waals surface area contributed by atoms with Gasteiger partial charge in [-0.3, -0.25) is 4.99 Å². The first-order chi connectivity index (χ1) is 7.81. The maximum Gasteiger partial charge on any atom is 0.0713 e. The molecule has 0 heterocycles. The van der Waals surface area contributed by atoms with E-state index >= 15 is 0 Å². The molecule has 2 aromatic rings. The van der Waals surface area contributed by atoms with Gasteiger partial charge >= 0.3 is 0 Å². The van der Waals surface area contributed by atoms with Crippen molar-refractivity contribution < 1.29 is 0 Å². The van der Waals surface area contributed by atoms with Gasteiger partial charge in [0.1, 0.15) is 0 Å². The number of hydrogen-bond donors (Lipinski definition) is 0. The van der Waals surface area contributed by atoms with Gasteiger partial charge in [-0.05, 0) is 36.4 Å². The van der Waals surface area contributed by atoms with Crippen LogP contribution in [-0.4, -0.2) is 6.72 Å². The van der Waals surface area contributed by atoms with Gasteiger partial charge in [0.2, 0.25) is 0 Å². The summed E-state index contributed by atoms with van der Waals surface area (Å²) in [5, 5.41) is 0. The van der Waals surface area contributed by atoms with Crippen molar-refractivity contribution in [2.75, 3.05) is 0 Å². The largest absolute Gasteiger partial charge is 0.293 e. The highest BCUT2D eigenvalue weighted by Crippen LogP contribution is 2.24. The van der Waals surface area contributed by atoms with Gasteiger partial charge in [0.25, 0.3) is 0 Å². The van der Waals surface area contributed by atoms with E-state index in [9.17, 15) is 0 Å². The second-order valence-electron chi connectivity index (χ2n) is 3.85. The molecule has 1 heteroatoms. The number of aliphatic imine (C=N–C) groups is 1. The average Bonchev–Trinajstić information content (AvgIpc) is 2.39. The summed E-state index contributed by atoms with van der Waals surface area (Å²) in [6.07, 6.45) is 0. The van der Waals surface area contributed by atoms with Crippen molar-refractivity contribution >= 4 is 6.72 Å². The van der Waals surface area contributed by atoms with Crippen LogP contribution in [0.25, 0.3) is 11.1 Å². The van der Waals surface area contributed by atoms with Crippen LogP contribution in [0.1, 0.15) is 18.5 Å². The third-order valence-corrected chi connectivity index (χ3v) is 2.75. The highest BCUT2D eigenvalue weighted by Gasteiger charge is 2.03. The van der Waals surface area contributed by atoms with E-state index in [-0.39, 0.29) is 6.04 Å². The van der Waals surface area contributed by atoms with Gasteiger partial charge in [-0.25, -0.2) is 0 Å². The van der Waals surface area contributed by atoms with Gasteiger partial charge in [0.05, 0.1) is 6.04 Å². The number of nitrogens with zero attached hydrogens (tertiary/aromatic N) is 1. The zero-order valence-corrected chi connectivity index (χ0v) is 9.43. The molecular weight excluding hydrogens is 194 g/mol. The van der Waals surface area contributed by atoms with E-state index in [4.69, 9.17) is 0 Å². The normalized spacial score (nSPS) is 12.1. The van der Waals surface area contributed by atoms with Crippen LogP contribution in [0.15, 0.2) is 59.6 Å². The van der Waals surface area contributed by atoms with Crippen molar-refractivity contribution in [2.45, 2.75) is 13.0 Å². The molecule has 2 aromatic carbocycles. The van der Waals surface area contributed by atoms with Crippen LogP contribution in [0.4, 0.5) is 0 Å². The predicted molar refractivity (Wildman–Crippen MR) is 69.8 cm³/mol. The van der Waals surface area contributed by atoms with Gasteiger partial charge < -0.3 is 0 Å². The zero-order chi connectivity index (χ0) is 11.4. The van der Waals surface area contributed by atoms with E-state index in [1.807, 2.05) is 6.07 Å². The summed E-state index contributed by atoms with van der Waals surface area (Å²) in [6, 6.07) is 19.0. The van der Waals surface area contributed by atoms with Crippen LogP contribution in [0.5, 0.6) is 0 Å². The molecule has 1 unspecified atom stereocenters. The quantitative estimate of drug-likeness (QED) is 0.674. The lowest BCUT2D eigenvalue weighted by Crippen LogP contribution is -1.89. The molecule has 0 saturated heterocycles. The fourth-order valence-electron chi connectivity index (χ4n) is 1.71. The topological polar surface area (TPSA) is 12.4 Å². The van der Waals surface area contributed by atoms with Gasteiger partial charge in [-0.15, -0.1) is 0 Å². The van der Waals surface area contributed by atoms with Crippen molar-refractivity contribution in [3.05, 3.63) is 60.2 Å². The van der Waals surface area contributed by atoms with Crippen molar-refractivity contribution in [2.24, 2.45) is 4.99 Å². The number of hydrogen-bond acceptors (Lipinski definition) is 1. The van der Waals surface area contributed by atoms with E-state index in [0.717, 1.165) is 0 Å². The van der Waals surface area contributed by atoms with E-state index in [1.165, 1.54) is 16.7 Å². The van der Waals surface area contributed by atoms with Gasteiger partial charge in [-0.1, -0.05) is 48.5 Å². The summed E-state index contributed by atoms with van der Waals surface area (Å²) in [6.45, 7) is 5.64. The van der Waals surface area contributed by atoms with Crippen molar-refractivity contribution in [1.82, 2.24) is 0 Å². The van der Waals surface area contributed by atoms with E-state index in [0.29, 0.717) is 0 Å². The Bertz CT molecular complexity index is 474. The molecule has 0 spiro atoms. The molecular formula is C15H15N. The first-order valence-corrected chi connectivity index (χ1v) is 5.42. The van der Waals surface area contributed by atoms with Gasteiger partial charge in [0, 0.05) is 0 Å². The lowest BCUT2D eigenvalue weighted by molar-refractivity contribution is 0.829. The van der Waals surface area contributed by atoms with Crippen molar-refractivity contribution in [1.29, 1.82) is 0 Å². The molecule has 1 nitrogen and oxygen atoms in total. The smallest absolute Gasteiger partial charge is 0.0713 e. The summed E-state index contributed by atoms with van der Waals surface area (Å²) in [7, 11) is 0. The van der Waals surface area contributed by atoms with Crippen molar-refractivity contribution in [3.8, 4) is 11.1 Å². The molecule has 0 amide bonds. The maximum atomic E-state index is 4.04. The Hall–Kier alpha value is -1.89. The molecule has 0 aromatic heterocycles. The Kier molecular flexibility index (Phi) is 3.16. The van der Waals surface area contributed by atoms with Crippen LogP contribution in [-0.2, 0) is 0 Å². The summed E-state index contributed by atoms with van der Waals surface area (Å²) in [4.78, 5) is 4.04. The van der Waals surface area contributed by atoms with Crippen LogP contribution >= 0.6 is 0 Å². The Morgan fingerprint density at radius 1 is 0.938 bits per heavy atom. The molecule has 80 valence electrons. The lowest BCUT2D eigenvalue weighted by Gasteiger charge is -2.08. The van der Waals surface area contributed by atoms with Crippen LogP contribution in [0.2, 0.25) is 0 Å². The number of benzene rings is 2. The Morgan fingerprint density at radius 2 is 1.62 bits per heavy atom. The van der Waals surface area contributed by atoms with E-state index in [1.54, 1.807) is 0 Å². The molecule has 16 heavy (non-hydrogen) atoms. The second kappa shape index (κ2) is 4.75. The van der Waals surface area contributed by atoms with Gasteiger partial charge in [0.15, 0.2) is 0 Å². The lowest BCUT2D eigenvalue weighted by atomic mass is 10.0. The van der Waals surface area contributed by atoms with Crippen LogP contribution in [0.3, 0.4) is 0 Å². The summed E-state index contributed by atoms with van der Waals surface area (Å²) >= 11 is 0. The standard InChI is InChI=1S/C15H15N/c1-12(16-2)14-9-6-10-15(11-14)13-7-4-3-5-8-13/h3-12H,2H2,1H3. The molecule has 0 fully saturated rings. The Balaban J connectivity index is 2.40. The number of rotatable bonds is 3. The predicted octanol–water partition coefficient (Wildman–Crippen LogP) is 4.12. The summed E-state index contributed by atoms with van der Waals surface area (Å²) in [5.74, 6) is 0. The zero-order valence-electron chi connectivity index (χ0n) is 9.43. The molecule has 0 N–H and O–H groups in total. The van der Waals surface area contributed by atoms with Crippen molar-refractivity contribution in [3.63, 3.8) is 0 Å². The van der Waals surface area contributed by atoms with E-state index in [2.05, 4.69) is 67.2 Å². The minimum absolute atomic E-state index is 0.156. The highest BCUT2D eigenvalue weighted by atomic mass is 14.7. The molecule has 0 aliphatic carbocycles. The van der Waals surface area contributed by atoms with Crippen LogP contribution in [0, 0.1) is 0 Å². The molecule has 0 radical (unpaired) electrons. The second-order valence-corrected chi connectivity index (χ2v) is 3.85. The monoisotopic (exact) mass is 209 g/mol. The third-order valence-electron chi connectivity index (χ3n) is 2.75. The maximum absolute atomic E-state index is 4.04. The minimum atomic E-state index is 0.156. The Morgan fingerprint density at radius 3 is 2.31 bits per heavy atom. The molecule has 0 aliphatic rings. The molecule has 2 rings (SSSR count). The first-order valence-electron chi connectivity index (χ1n) is 5.42. The molecule has 1 atom stereocenters. The molecule has 0 aliphatic heterocycles. The fraction of sp³-hybridized carbons (Fsp3) is 0.133. The average molecular weight is 209 g/mol. The molecule has 0 bridgehead atoms. The summed E-state index contributed by atoms with van der Waals surface area (Å²) < 4.78 is 0. The van der Waals surface area contributed by atoms with E-state index < -0.39 is 0 Å². The first kappa shape index (κ1) is 10.6. The Labute approximate surface area is 96.5 Å².